The molecule has 0 fully saturated rings. The van der Waals surface area contributed by atoms with Crippen molar-refractivity contribution in [2.75, 3.05) is 17.9 Å². The van der Waals surface area contributed by atoms with Crippen LogP contribution in [0.3, 0.4) is 0 Å². The molecular formula is C19H18N2O4S2. The lowest BCUT2D eigenvalue weighted by Crippen LogP contribution is -2.28. The van der Waals surface area contributed by atoms with E-state index in [1.807, 2.05) is 30.3 Å². The highest BCUT2D eigenvalue weighted by Gasteiger charge is 2.15. The Morgan fingerprint density at radius 1 is 0.963 bits per heavy atom. The average Bonchev–Trinajstić information content (AvgIpc) is 3.22. The Labute approximate surface area is 161 Å². The zero-order valence-electron chi connectivity index (χ0n) is 14.3. The van der Waals surface area contributed by atoms with E-state index in [-0.39, 0.29) is 10.1 Å². The summed E-state index contributed by atoms with van der Waals surface area (Å²) >= 11 is 1.14. The molecule has 0 atom stereocenters. The second kappa shape index (κ2) is 8.70. The molecule has 2 aromatic carbocycles. The van der Waals surface area contributed by atoms with Gasteiger partial charge < -0.3 is 10.1 Å². The number of anilines is 1. The van der Waals surface area contributed by atoms with Crippen LogP contribution >= 0.6 is 11.3 Å². The van der Waals surface area contributed by atoms with Crippen LogP contribution in [-0.4, -0.2) is 27.5 Å². The van der Waals surface area contributed by atoms with Crippen molar-refractivity contribution in [1.82, 2.24) is 5.32 Å². The van der Waals surface area contributed by atoms with Crippen LogP contribution < -0.4 is 14.8 Å². The zero-order chi connectivity index (χ0) is 19.1. The number of rotatable bonds is 8. The largest absolute Gasteiger partial charge is 0.492 e. The molecule has 0 bridgehead atoms. The maximum absolute atomic E-state index is 12.2. The molecule has 140 valence electrons. The van der Waals surface area contributed by atoms with Gasteiger partial charge in [0.05, 0.1) is 6.54 Å². The van der Waals surface area contributed by atoms with Gasteiger partial charge in [-0.15, -0.1) is 11.3 Å². The van der Waals surface area contributed by atoms with E-state index in [0.29, 0.717) is 24.4 Å². The van der Waals surface area contributed by atoms with Gasteiger partial charge in [0.2, 0.25) is 0 Å². The summed E-state index contributed by atoms with van der Waals surface area (Å²) in [6.45, 7) is 0.717. The Bertz CT molecular complexity index is 970. The molecule has 1 amide bonds. The number of ether oxygens (including phenoxy) is 1. The molecule has 0 saturated heterocycles. The molecule has 0 aliphatic heterocycles. The topological polar surface area (TPSA) is 84.5 Å². The van der Waals surface area contributed by atoms with Crippen molar-refractivity contribution in [2.24, 2.45) is 0 Å². The maximum Gasteiger partial charge on any atom is 0.271 e. The van der Waals surface area contributed by atoms with Crippen molar-refractivity contribution >= 4 is 33.0 Å². The van der Waals surface area contributed by atoms with Gasteiger partial charge in [0, 0.05) is 11.3 Å². The molecule has 0 radical (unpaired) electrons. The quantitative estimate of drug-likeness (QED) is 0.566. The summed E-state index contributed by atoms with van der Waals surface area (Å²) in [6, 6.07) is 18.8. The molecule has 1 aromatic heterocycles. The van der Waals surface area contributed by atoms with E-state index in [9.17, 15) is 13.2 Å². The zero-order valence-corrected chi connectivity index (χ0v) is 15.9. The normalized spacial score (nSPS) is 11.0. The Morgan fingerprint density at radius 3 is 2.37 bits per heavy atom. The molecule has 27 heavy (non-hydrogen) atoms. The number of amides is 1. The van der Waals surface area contributed by atoms with Gasteiger partial charge in [-0.1, -0.05) is 24.3 Å². The molecule has 8 heteroatoms. The van der Waals surface area contributed by atoms with Crippen LogP contribution in [0, 0.1) is 0 Å². The third-order valence-corrected chi connectivity index (χ3v) is 6.34. The molecule has 0 unspecified atom stereocenters. The van der Waals surface area contributed by atoms with Gasteiger partial charge in [0.15, 0.2) is 0 Å². The number of para-hydroxylation sites is 1. The molecule has 2 N–H and O–H groups in total. The summed E-state index contributed by atoms with van der Waals surface area (Å²) in [5, 5.41) is 4.46. The predicted octanol–water partition coefficient (Wildman–Crippen LogP) is 3.36. The first-order valence-electron chi connectivity index (χ1n) is 8.17. The minimum absolute atomic E-state index is 0.239. The first kappa shape index (κ1) is 18.9. The van der Waals surface area contributed by atoms with E-state index in [0.717, 1.165) is 17.1 Å². The molecule has 0 aliphatic rings. The smallest absolute Gasteiger partial charge is 0.271 e. The van der Waals surface area contributed by atoms with Crippen molar-refractivity contribution < 1.29 is 17.9 Å². The summed E-state index contributed by atoms with van der Waals surface area (Å²) in [4.78, 5) is 12.1. The summed E-state index contributed by atoms with van der Waals surface area (Å²) in [5.41, 5.74) is 0.834. The summed E-state index contributed by atoms with van der Waals surface area (Å²) in [7, 11) is -3.60. The van der Waals surface area contributed by atoms with Crippen molar-refractivity contribution in [3.63, 3.8) is 0 Å². The first-order valence-corrected chi connectivity index (χ1v) is 10.5. The minimum atomic E-state index is -3.60. The molecular weight excluding hydrogens is 384 g/mol. The van der Waals surface area contributed by atoms with Crippen molar-refractivity contribution in [2.45, 2.75) is 4.21 Å². The average molecular weight is 402 g/mol. The molecule has 1 heterocycles. The minimum Gasteiger partial charge on any atom is -0.492 e. The van der Waals surface area contributed by atoms with Crippen LogP contribution in [0.5, 0.6) is 5.75 Å². The lowest BCUT2D eigenvalue weighted by Gasteiger charge is -2.09. The SMILES string of the molecule is O=C(NCCOc1ccccc1)c1ccc(NS(=O)(=O)c2cccs2)cc1. The van der Waals surface area contributed by atoms with E-state index in [1.54, 1.807) is 35.7 Å². The molecule has 0 spiro atoms. The van der Waals surface area contributed by atoms with E-state index in [1.165, 1.54) is 6.07 Å². The first-order chi connectivity index (χ1) is 13.0. The number of thiophene rings is 1. The fourth-order valence-electron chi connectivity index (χ4n) is 2.26. The highest BCUT2D eigenvalue weighted by Crippen LogP contribution is 2.20. The second-order valence-electron chi connectivity index (χ2n) is 5.53. The van der Waals surface area contributed by atoms with Gasteiger partial charge in [0.25, 0.3) is 15.9 Å². The summed E-state index contributed by atoms with van der Waals surface area (Å²) < 4.78 is 32.6. The monoisotopic (exact) mass is 402 g/mol. The number of carbonyl (C=O) groups excluding carboxylic acids is 1. The third kappa shape index (κ3) is 5.32. The fourth-order valence-corrected chi connectivity index (χ4v) is 4.32. The number of hydrogen-bond donors (Lipinski definition) is 2. The van der Waals surface area contributed by atoms with Gasteiger partial charge in [-0.2, -0.15) is 0 Å². The number of hydrogen-bond acceptors (Lipinski definition) is 5. The fraction of sp³-hybridized carbons (Fsp3) is 0.105. The van der Waals surface area contributed by atoms with Gasteiger partial charge in [-0.25, -0.2) is 8.42 Å². The summed E-state index contributed by atoms with van der Waals surface area (Å²) in [6.07, 6.45) is 0. The molecule has 6 nitrogen and oxygen atoms in total. The van der Waals surface area contributed by atoms with Gasteiger partial charge in [0.1, 0.15) is 16.6 Å². The van der Waals surface area contributed by atoms with Gasteiger partial charge >= 0.3 is 0 Å². The Hall–Kier alpha value is -2.84. The third-order valence-electron chi connectivity index (χ3n) is 3.56. The predicted molar refractivity (Wildman–Crippen MR) is 106 cm³/mol. The highest BCUT2D eigenvalue weighted by atomic mass is 32.2. The van der Waals surface area contributed by atoms with Crippen LogP contribution in [0.25, 0.3) is 0 Å². The number of sulfonamides is 1. The van der Waals surface area contributed by atoms with Crippen LogP contribution in [0.15, 0.2) is 76.3 Å². The lowest BCUT2D eigenvalue weighted by atomic mass is 10.2. The lowest BCUT2D eigenvalue weighted by molar-refractivity contribution is 0.0947. The Kier molecular flexibility index (Phi) is 6.10. The van der Waals surface area contributed by atoms with Crippen LogP contribution in [0.2, 0.25) is 0 Å². The maximum atomic E-state index is 12.2. The Balaban J connectivity index is 1.50. The van der Waals surface area contributed by atoms with E-state index >= 15 is 0 Å². The highest BCUT2D eigenvalue weighted by molar-refractivity contribution is 7.94. The van der Waals surface area contributed by atoms with E-state index in [2.05, 4.69) is 10.0 Å². The van der Waals surface area contributed by atoms with Crippen molar-refractivity contribution in [3.05, 3.63) is 77.7 Å². The second-order valence-corrected chi connectivity index (χ2v) is 8.39. The number of nitrogens with one attached hydrogen (secondary N) is 2. The van der Waals surface area contributed by atoms with Crippen molar-refractivity contribution in [1.29, 1.82) is 0 Å². The van der Waals surface area contributed by atoms with Crippen LogP contribution in [0.1, 0.15) is 10.4 Å². The molecule has 3 rings (SSSR count). The van der Waals surface area contributed by atoms with Gasteiger partial charge in [-0.3, -0.25) is 9.52 Å². The van der Waals surface area contributed by atoms with E-state index in [4.69, 9.17) is 4.74 Å². The van der Waals surface area contributed by atoms with Crippen molar-refractivity contribution in [3.8, 4) is 5.75 Å². The Morgan fingerprint density at radius 2 is 1.70 bits per heavy atom. The number of carbonyl (C=O) groups is 1. The van der Waals surface area contributed by atoms with Crippen LogP contribution in [-0.2, 0) is 10.0 Å². The molecule has 0 aliphatic carbocycles. The van der Waals surface area contributed by atoms with E-state index < -0.39 is 10.0 Å². The number of benzene rings is 2. The van der Waals surface area contributed by atoms with Crippen LogP contribution in [0.4, 0.5) is 5.69 Å². The molecule has 3 aromatic rings. The van der Waals surface area contributed by atoms with Gasteiger partial charge in [-0.05, 0) is 47.8 Å². The standard InChI is InChI=1S/C19H18N2O4S2/c22-19(20-12-13-25-17-5-2-1-3-6-17)15-8-10-16(11-9-15)21-27(23,24)18-7-4-14-26-18/h1-11,14,21H,12-13H2,(H,20,22). The summed E-state index contributed by atoms with van der Waals surface area (Å²) in [5.74, 6) is 0.494. The molecule has 0 saturated carbocycles.